The van der Waals surface area contributed by atoms with E-state index in [1.807, 2.05) is 37.3 Å². The summed E-state index contributed by atoms with van der Waals surface area (Å²) in [5, 5.41) is 2.69. The van der Waals surface area contributed by atoms with Crippen molar-refractivity contribution in [3.8, 4) is 5.75 Å². The van der Waals surface area contributed by atoms with Crippen LogP contribution in [-0.4, -0.2) is 26.2 Å². The third-order valence-corrected chi connectivity index (χ3v) is 3.66. The fraction of sp³-hybridized carbons (Fsp3) is 0.316. The van der Waals surface area contributed by atoms with Gasteiger partial charge in [0.1, 0.15) is 11.6 Å². The standard InChI is InChI=1S/C19H22FNO3/c1-14(15-7-4-3-5-8-15)24-12-6-11-21-19(22)17-10-9-16(23-2)13-18(17)20/h3-5,7-10,13-14H,6,11-12H2,1-2H3,(H,21,22). The predicted octanol–water partition coefficient (Wildman–Crippen LogP) is 3.73. The van der Waals surface area contributed by atoms with Gasteiger partial charge in [0.25, 0.3) is 5.91 Å². The van der Waals surface area contributed by atoms with E-state index in [4.69, 9.17) is 9.47 Å². The van der Waals surface area contributed by atoms with Gasteiger partial charge in [-0.25, -0.2) is 4.39 Å². The molecule has 1 N–H and O–H groups in total. The number of carbonyl (C=O) groups is 1. The van der Waals surface area contributed by atoms with Crippen molar-refractivity contribution in [3.05, 3.63) is 65.5 Å². The molecule has 0 heterocycles. The first-order chi connectivity index (χ1) is 11.6. The molecule has 1 unspecified atom stereocenters. The summed E-state index contributed by atoms with van der Waals surface area (Å²) in [6, 6.07) is 14.1. The fourth-order valence-corrected chi connectivity index (χ4v) is 2.26. The number of nitrogens with one attached hydrogen (secondary N) is 1. The number of carbonyl (C=O) groups excluding carboxylic acids is 1. The Bertz CT molecular complexity index is 661. The second kappa shape index (κ2) is 9.03. The number of methoxy groups -OCH3 is 1. The minimum atomic E-state index is -0.596. The highest BCUT2D eigenvalue weighted by atomic mass is 19.1. The van der Waals surface area contributed by atoms with Gasteiger partial charge in [0.05, 0.1) is 18.8 Å². The molecule has 1 atom stereocenters. The molecule has 0 bridgehead atoms. The van der Waals surface area contributed by atoms with Gasteiger partial charge in [0.2, 0.25) is 0 Å². The second-order valence-electron chi connectivity index (χ2n) is 5.38. The van der Waals surface area contributed by atoms with Crippen LogP contribution in [0.5, 0.6) is 5.75 Å². The van der Waals surface area contributed by atoms with Gasteiger partial charge in [-0.3, -0.25) is 4.79 Å². The Labute approximate surface area is 141 Å². The molecule has 128 valence electrons. The van der Waals surface area contributed by atoms with E-state index in [2.05, 4.69) is 5.32 Å². The predicted molar refractivity (Wildman–Crippen MR) is 90.7 cm³/mol. The van der Waals surface area contributed by atoms with Crippen molar-refractivity contribution < 1.29 is 18.7 Å². The van der Waals surface area contributed by atoms with Crippen LogP contribution >= 0.6 is 0 Å². The van der Waals surface area contributed by atoms with Crippen molar-refractivity contribution in [2.45, 2.75) is 19.4 Å². The van der Waals surface area contributed by atoms with E-state index in [0.29, 0.717) is 25.3 Å². The van der Waals surface area contributed by atoms with Crippen molar-refractivity contribution in [2.24, 2.45) is 0 Å². The van der Waals surface area contributed by atoms with Gasteiger partial charge in [-0.2, -0.15) is 0 Å². The zero-order valence-corrected chi connectivity index (χ0v) is 13.9. The Hall–Kier alpha value is -2.40. The van der Waals surface area contributed by atoms with Crippen molar-refractivity contribution in [1.29, 1.82) is 0 Å². The molecule has 0 saturated heterocycles. The molecule has 5 heteroatoms. The number of hydrogen-bond acceptors (Lipinski definition) is 3. The van der Waals surface area contributed by atoms with E-state index >= 15 is 0 Å². The normalized spacial score (nSPS) is 11.8. The smallest absolute Gasteiger partial charge is 0.254 e. The molecule has 2 rings (SSSR count). The van der Waals surface area contributed by atoms with Crippen LogP contribution in [0, 0.1) is 5.82 Å². The largest absolute Gasteiger partial charge is 0.497 e. The number of halogens is 1. The summed E-state index contributed by atoms with van der Waals surface area (Å²) in [6.07, 6.45) is 0.654. The zero-order chi connectivity index (χ0) is 17.4. The summed E-state index contributed by atoms with van der Waals surface area (Å²) in [7, 11) is 1.45. The molecule has 2 aromatic carbocycles. The molecule has 0 fully saturated rings. The molecule has 2 aromatic rings. The van der Waals surface area contributed by atoms with Gasteiger partial charge in [0.15, 0.2) is 0 Å². The highest BCUT2D eigenvalue weighted by molar-refractivity contribution is 5.94. The van der Waals surface area contributed by atoms with Gasteiger partial charge in [-0.15, -0.1) is 0 Å². The van der Waals surface area contributed by atoms with Crippen LogP contribution in [0.25, 0.3) is 0 Å². The molecule has 0 radical (unpaired) electrons. The van der Waals surface area contributed by atoms with E-state index < -0.39 is 11.7 Å². The maximum atomic E-state index is 13.8. The molecule has 1 amide bonds. The highest BCUT2D eigenvalue weighted by Crippen LogP contribution is 2.17. The van der Waals surface area contributed by atoms with Crippen molar-refractivity contribution in [1.82, 2.24) is 5.32 Å². The maximum absolute atomic E-state index is 13.8. The monoisotopic (exact) mass is 331 g/mol. The Kier molecular flexibility index (Phi) is 6.75. The molecule has 24 heavy (non-hydrogen) atoms. The van der Waals surface area contributed by atoms with E-state index in [-0.39, 0.29) is 11.7 Å². The van der Waals surface area contributed by atoms with Gasteiger partial charge in [-0.05, 0) is 31.0 Å². The molecule has 0 aliphatic carbocycles. The van der Waals surface area contributed by atoms with Crippen LogP contribution in [-0.2, 0) is 4.74 Å². The fourth-order valence-electron chi connectivity index (χ4n) is 2.26. The molecule has 4 nitrogen and oxygen atoms in total. The Morgan fingerprint density at radius 2 is 1.96 bits per heavy atom. The molecule has 0 saturated carbocycles. The number of hydrogen-bond donors (Lipinski definition) is 1. The van der Waals surface area contributed by atoms with Crippen molar-refractivity contribution in [3.63, 3.8) is 0 Å². The van der Waals surface area contributed by atoms with Gasteiger partial charge in [0, 0.05) is 19.2 Å². The van der Waals surface area contributed by atoms with Crippen LogP contribution in [0.4, 0.5) is 4.39 Å². The lowest BCUT2D eigenvalue weighted by atomic mass is 10.1. The molecule has 0 aliphatic rings. The number of benzene rings is 2. The van der Waals surface area contributed by atoms with Crippen molar-refractivity contribution in [2.75, 3.05) is 20.3 Å². The maximum Gasteiger partial charge on any atom is 0.254 e. The summed E-state index contributed by atoms with van der Waals surface area (Å²) >= 11 is 0. The Balaban J connectivity index is 1.71. The van der Waals surface area contributed by atoms with Crippen LogP contribution in [0.1, 0.15) is 35.4 Å². The summed E-state index contributed by atoms with van der Waals surface area (Å²) in [4.78, 5) is 12.0. The number of amides is 1. The SMILES string of the molecule is COc1ccc(C(=O)NCCCOC(C)c2ccccc2)c(F)c1. The third kappa shape index (κ3) is 5.06. The number of ether oxygens (including phenoxy) is 2. The lowest BCUT2D eigenvalue weighted by molar-refractivity contribution is 0.0634. The average molecular weight is 331 g/mol. The summed E-state index contributed by atoms with van der Waals surface area (Å²) in [5.41, 5.74) is 1.12. The van der Waals surface area contributed by atoms with Crippen molar-refractivity contribution >= 4 is 5.91 Å². The first-order valence-electron chi connectivity index (χ1n) is 7.90. The minimum Gasteiger partial charge on any atom is -0.497 e. The highest BCUT2D eigenvalue weighted by Gasteiger charge is 2.12. The Morgan fingerprint density at radius 3 is 2.62 bits per heavy atom. The quantitative estimate of drug-likeness (QED) is 0.750. The van der Waals surface area contributed by atoms with E-state index in [1.165, 1.54) is 19.2 Å². The van der Waals surface area contributed by atoms with Crippen LogP contribution < -0.4 is 10.1 Å². The topological polar surface area (TPSA) is 47.6 Å². The second-order valence-corrected chi connectivity index (χ2v) is 5.38. The first kappa shape index (κ1) is 17.9. The molecular formula is C19H22FNO3. The number of rotatable bonds is 8. The first-order valence-corrected chi connectivity index (χ1v) is 7.90. The Morgan fingerprint density at radius 1 is 1.21 bits per heavy atom. The minimum absolute atomic E-state index is 0.000865. The summed E-state index contributed by atoms with van der Waals surface area (Å²) in [5.74, 6) is -0.653. The lowest BCUT2D eigenvalue weighted by Crippen LogP contribution is -2.26. The molecule has 0 aromatic heterocycles. The molecular weight excluding hydrogens is 309 g/mol. The average Bonchev–Trinajstić information content (AvgIpc) is 2.61. The van der Waals surface area contributed by atoms with Gasteiger partial charge in [-0.1, -0.05) is 30.3 Å². The zero-order valence-electron chi connectivity index (χ0n) is 13.9. The van der Waals surface area contributed by atoms with Gasteiger partial charge >= 0.3 is 0 Å². The van der Waals surface area contributed by atoms with Crippen LogP contribution in [0.2, 0.25) is 0 Å². The molecule has 0 spiro atoms. The van der Waals surface area contributed by atoms with Crippen LogP contribution in [0.3, 0.4) is 0 Å². The lowest BCUT2D eigenvalue weighted by Gasteiger charge is -2.13. The third-order valence-electron chi connectivity index (χ3n) is 3.66. The molecule has 0 aliphatic heterocycles. The van der Waals surface area contributed by atoms with Gasteiger partial charge < -0.3 is 14.8 Å². The summed E-state index contributed by atoms with van der Waals surface area (Å²) < 4.78 is 24.4. The van der Waals surface area contributed by atoms with E-state index in [0.717, 1.165) is 5.56 Å². The van der Waals surface area contributed by atoms with Crippen LogP contribution in [0.15, 0.2) is 48.5 Å². The van der Waals surface area contributed by atoms with E-state index in [9.17, 15) is 9.18 Å². The summed E-state index contributed by atoms with van der Waals surface area (Å²) in [6.45, 7) is 2.92. The van der Waals surface area contributed by atoms with E-state index in [1.54, 1.807) is 6.07 Å².